The van der Waals surface area contributed by atoms with Gasteiger partial charge in [-0.2, -0.15) is 5.10 Å². The van der Waals surface area contributed by atoms with Crippen LogP contribution in [0, 0.1) is 0 Å². The van der Waals surface area contributed by atoms with E-state index in [-0.39, 0.29) is 5.56 Å². The number of nitrogens with two attached hydrogens (primary N) is 2. The first-order chi connectivity index (χ1) is 14.5. The van der Waals surface area contributed by atoms with Crippen molar-refractivity contribution in [2.24, 2.45) is 0 Å². The summed E-state index contributed by atoms with van der Waals surface area (Å²) in [5.41, 5.74) is 16.1. The van der Waals surface area contributed by atoms with Gasteiger partial charge in [-0.05, 0) is 41.5 Å². The number of nitrogens with zero attached hydrogens (tertiary/aromatic N) is 1. The van der Waals surface area contributed by atoms with Crippen LogP contribution in [0.15, 0.2) is 59.4 Å². The van der Waals surface area contributed by atoms with E-state index in [4.69, 9.17) is 20.9 Å². The molecule has 4 rings (SSSR count). The van der Waals surface area contributed by atoms with Gasteiger partial charge < -0.3 is 20.9 Å². The van der Waals surface area contributed by atoms with Crippen molar-refractivity contribution in [1.82, 2.24) is 10.2 Å². The van der Waals surface area contributed by atoms with Crippen molar-refractivity contribution in [3.63, 3.8) is 0 Å². The number of rotatable bonds is 5. The number of aromatic nitrogens is 2. The van der Waals surface area contributed by atoms with E-state index in [9.17, 15) is 4.79 Å². The smallest absolute Gasteiger partial charge is 0.272 e. The van der Waals surface area contributed by atoms with Crippen molar-refractivity contribution in [2.45, 2.75) is 6.42 Å². The highest BCUT2D eigenvalue weighted by Crippen LogP contribution is 2.41. The fraction of sp³-hybridized carbons (Fsp3) is 0.130. The molecule has 0 atom stereocenters. The van der Waals surface area contributed by atoms with Crippen LogP contribution in [0.5, 0.6) is 11.5 Å². The zero-order chi connectivity index (χ0) is 21.3. The van der Waals surface area contributed by atoms with E-state index in [1.54, 1.807) is 26.4 Å². The lowest BCUT2D eigenvalue weighted by Crippen LogP contribution is -2.11. The van der Waals surface area contributed by atoms with Gasteiger partial charge in [0, 0.05) is 17.4 Å². The molecule has 0 spiro atoms. The number of nitrogen functional groups attached to an aromatic ring is 2. The maximum absolute atomic E-state index is 12.1. The largest absolute Gasteiger partial charge is 0.493 e. The van der Waals surface area contributed by atoms with Gasteiger partial charge >= 0.3 is 0 Å². The number of hydrogen-bond donors (Lipinski definition) is 3. The topological polar surface area (TPSA) is 116 Å². The lowest BCUT2D eigenvalue weighted by Gasteiger charge is -2.16. The average Bonchev–Trinajstić information content (AvgIpc) is 2.77. The average molecular weight is 402 g/mol. The molecule has 0 saturated heterocycles. The summed E-state index contributed by atoms with van der Waals surface area (Å²) in [6, 6.07) is 16.8. The first kappa shape index (κ1) is 19.3. The molecule has 4 aromatic rings. The lowest BCUT2D eigenvalue weighted by atomic mass is 9.97. The molecule has 0 radical (unpaired) electrons. The van der Waals surface area contributed by atoms with E-state index in [0.717, 1.165) is 27.8 Å². The second-order valence-corrected chi connectivity index (χ2v) is 6.94. The van der Waals surface area contributed by atoms with Crippen LogP contribution in [0.2, 0.25) is 0 Å². The third-order valence-corrected chi connectivity index (χ3v) is 5.08. The molecule has 30 heavy (non-hydrogen) atoms. The Bertz CT molecular complexity index is 1300. The zero-order valence-corrected chi connectivity index (χ0v) is 16.7. The Morgan fingerprint density at radius 3 is 2.40 bits per heavy atom. The standard InChI is InChI=1S/C23H22N4O3/c1-29-21-11-13(10-20-15-5-3-4-6-16(15)23(28)27-26-20)9-17(22(21)30-2)14-7-8-18(24)19(25)12-14/h3-9,11-12H,10,24-25H2,1-2H3,(H,27,28). The van der Waals surface area contributed by atoms with Crippen molar-refractivity contribution in [2.75, 3.05) is 25.7 Å². The van der Waals surface area contributed by atoms with Crippen LogP contribution in [-0.2, 0) is 6.42 Å². The lowest BCUT2D eigenvalue weighted by molar-refractivity contribution is 0.356. The summed E-state index contributed by atoms with van der Waals surface area (Å²) in [5, 5.41) is 8.28. The molecule has 0 aliphatic rings. The van der Waals surface area contributed by atoms with Gasteiger partial charge in [0.15, 0.2) is 11.5 Å². The minimum Gasteiger partial charge on any atom is -0.493 e. The van der Waals surface area contributed by atoms with E-state index in [1.807, 2.05) is 42.5 Å². The predicted molar refractivity (Wildman–Crippen MR) is 119 cm³/mol. The first-order valence-corrected chi connectivity index (χ1v) is 9.38. The van der Waals surface area contributed by atoms with Crippen molar-refractivity contribution in [1.29, 1.82) is 0 Å². The molecule has 1 heterocycles. The molecule has 3 aromatic carbocycles. The van der Waals surface area contributed by atoms with Crippen LogP contribution in [0.1, 0.15) is 11.3 Å². The normalized spacial score (nSPS) is 10.9. The quantitative estimate of drug-likeness (QED) is 0.441. The third-order valence-electron chi connectivity index (χ3n) is 5.08. The summed E-state index contributed by atoms with van der Waals surface area (Å²) in [4.78, 5) is 12.1. The van der Waals surface area contributed by atoms with Gasteiger partial charge in [0.25, 0.3) is 5.56 Å². The highest BCUT2D eigenvalue weighted by Gasteiger charge is 2.16. The fourth-order valence-electron chi connectivity index (χ4n) is 3.58. The molecular formula is C23H22N4O3. The van der Waals surface area contributed by atoms with Gasteiger partial charge in [0.05, 0.1) is 36.7 Å². The molecule has 0 bridgehead atoms. The summed E-state index contributed by atoms with van der Waals surface area (Å²) in [5.74, 6) is 1.19. The summed E-state index contributed by atoms with van der Waals surface area (Å²) < 4.78 is 11.2. The number of anilines is 2. The molecule has 0 aliphatic carbocycles. The van der Waals surface area contributed by atoms with E-state index in [2.05, 4.69) is 10.2 Å². The Morgan fingerprint density at radius 2 is 1.70 bits per heavy atom. The SMILES string of the molecule is COc1cc(Cc2n[nH]c(=O)c3ccccc23)cc(-c2ccc(N)c(N)c2)c1OC. The van der Waals surface area contributed by atoms with E-state index in [0.29, 0.717) is 34.7 Å². The molecule has 7 nitrogen and oxygen atoms in total. The molecule has 0 unspecified atom stereocenters. The molecule has 5 N–H and O–H groups in total. The van der Waals surface area contributed by atoms with Gasteiger partial charge in [0.2, 0.25) is 0 Å². The summed E-state index contributed by atoms with van der Waals surface area (Å²) in [7, 11) is 3.19. The van der Waals surface area contributed by atoms with Crippen molar-refractivity contribution in [3.05, 3.63) is 76.2 Å². The number of benzene rings is 3. The van der Waals surface area contributed by atoms with Gasteiger partial charge in [-0.25, -0.2) is 5.10 Å². The fourth-order valence-corrected chi connectivity index (χ4v) is 3.58. The second kappa shape index (κ2) is 7.79. The van der Waals surface area contributed by atoms with Crippen LogP contribution in [0.25, 0.3) is 21.9 Å². The zero-order valence-electron chi connectivity index (χ0n) is 16.7. The van der Waals surface area contributed by atoms with Crippen molar-refractivity contribution >= 4 is 22.1 Å². The molecule has 0 fully saturated rings. The van der Waals surface area contributed by atoms with Crippen LogP contribution < -0.4 is 26.5 Å². The molecule has 0 saturated carbocycles. The Hall–Kier alpha value is -4.00. The number of fused-ring (bicyclic) bond motifs is 1. The summed E-state index contributed by atoms with van der Waals surface area (Å²) in [6.45, 7) is 0. The Morgan fingerprint density at radius 1 is 0.933 bits per heavy atom. The number of nitrogens with one attached hydrogen (secondary N) is 1. The Kier molecular flexibility index (Phi) is 5.02. The first-order valence-electron chi connectivity index (χ1n) is 9.38. The minimum absolute atomic E-state index is 0.209. The highest BCUT2D eigenvalue weighted by atomic mass is 16.5. The van der Waals surface area contributed by atoms with Gasteiger partial charge in [-0.15, -0.1) is 0 Å². The van der Waals surface area contributed by atoms with Crippen LogP contribution >= 0.6 is 0 Å². The third kappa shape index (κ3) is 3.41. The van der Waals surface area contributed by atoms with Gasteiger partial charge in [-0.1, -0.05) is 24.3 Å². The van der Waals surface area contributed by atoms with Crippen LogP contribution in [-0.4, -0.2) is 24.4 Å². The van der Waals surface area contributed by atoms with Crippen LogP contribution in [0.4, 0.5) is 11.4 Å². The number of hydrogen-bond acceptors (Lipinski definition) is 6. The van der Waals surface area contributed by atoms with Crippen molar-refractivity contribution in [3.8, 4) is 22.6 Å². The maximum Gasteiger partial charge on any atom is 0.272 e. The monoisotopic (exact) mass is 402 g/mol. The molecular weight excluding hydrogens is 380 g/mol. The predicted octanol–water partition coefficient (Wildman–Crippen LogP) is 3.36. The second-order valence-electron chi connectivity index (χ2n) is 6.94. The maximum atomic E-state index is 12.1. The number of H-pyrrole nitrogens is 1. The Labute approximate surface area is 173 Å². The highest BCUT2D eigenvalue weighted by molar-refractivity contribution is 5.84. The van der Waals surface area contributed by atoms with Crippen molar-refractivity contribution < 1.29 is 9.47 Å². The van der Waals surface area contributed by atoms with E-state index in [1.165, 1.54) is 0 Å². The molecule has 152 valence electrons. The summed E-state index contributed by atoms with van der Waals surface area (Å²) in [6.07, 6.45) is 0.495. The van der Waals surface area contributed by atoms with E-state index >= 15 is 0 Å². The summed E-state index contributed by atoms with van der Waals surface area (Å²) >= 11 is 0. The molecule has 1 aromatic heterocycles. The number of ether oxygens (including phenoxy) is 2. The number of methoxy groups -OCH3 is 2. The minimum atomic E-state index is -0.209. The Balaban J connectivity index is 1.86. The number of aromatic amines is 1. The molecule has 0 aliphatic heterocycles. The molecule has 7 heteroatoms. The molecule has 0 amide bonds. The van der Waals surface area contributed by atoms with Gasteiger partial charge in [0.1, 0.15) is 0 Å². The van der Waals surface area contributed by atoms with E-state index < -0.39 is 0 Å². The van der Waals surface area contributed by atoms with Gasteiger partial charge in [-0.3, -0.25) is 4.79 Å². The van der Waals surface area contributed by atoms with Crippen LogP contribution in [0.3, 0.4) is 0 Å².